The van der Waals surface area contributed by atoms with Crippen LogP contribution in [0, 0.1) is 0 Å². The second-order valence-electron chi connectivity index (χ2n) is 3.52. The van der Waals surface area contributed by atoms with E-state index in [1.165, 1.54) is 31.2 Å². The van der Waals surface area contributed by atoms with Gasteiger partial charge in [-0.3, -0.25) is 0 Å². The summed E-state index contributed by atoms with van der Waals surface area (Å²) in [4.78, 5) is 4.17. The van der Waals surface area contributed by atoms with Crippen LogP contribution in [0.2, 0.25) is 0 Å². The molecule has 1 aromatic rings. The van der Waals surface area contributed by atoms with E-state index in [1.54, 1.807) is 7.11 Å². The molecule has 0 radical (unpaired) electrons. The lowest BCUT2D eigenvalue weighted by atomic mass is 10.1. The van der Waals surface area contributed by atoms with E-state index in [0.29, 0.717) is 5.88 Å². The maximum absolute atomic E-state index is 5.00. The fourth-order valence-corrected chi connectivity index (χ4v) is 1.44. The maximum atomic E-state index is 5.00. The van der Waals surface area contributed by atoms with Crippen molar-refractivity contribution in [3.05, 3.63) is 23.9 Å². The molecule has 0 amide bonds. The lowest BCUT2D eigenvalue weighted by Gasteiger charge is -2.02. The fraction of sp³-hybridized carbons (Fsp3) is 0.583. The Bertz CT molecular complexity index is 243. The third kappa shape index (κ3) is 3.77. The minimum absolute atomic E-state index is 0.697. The van der Waals surface area contributed by atoms with Gasteiger partial charge in [0.1, 0.15) is 0 Å². The van der Waals surface area contributed by atoms with E-state index in [4.69, 9.17) is 4.74 Å². The number of pyridine rings is 1. The summed E-state index contributed by atoms with van der Waals surface area (Å²) in [5.41, 5.74) is 1.31. The van der Waals surface area contributed by atoms with Crippen LogP contribution in [0.15, 0.2) is 18.3 Å². The number of aromatic nitrogens is 1. The number of unbranched alkanes of at least 4 members (excludes halogenated alkanes) is 3. The second kappa shape index (κ2) is 6.41. The maximum Gasteiger partial charge on any atom is 0.212 e. The number of aryl methyl sites for hydroxylation is 1. The molecule has 0 fully saturated rings. The number of methoxy groups -OCH3 is 1. The number of nitrogens with zero attached hydrogens (tertiary/aromatic N) is 1. The SMILES string of the molecule is CCCCCCc1ccc(OC)nc1. The molecule has 1 rings (SSSR count). The lowest BCUT2D eigenvalue weighted by Crippen LogP contribution is -1.90. The molecule has 0 aromatic carbocycles. The molecule has 0 N–H and O–H groups in total. The first kappa shape index (κ1) is 11.0. The molecular weight excluding hydrogens is 174 g/mol. The van der Waals surface area contributed by atoms with Crippen molar-refractivity contribution in [2.24, 2.45) is 0 Å². The van der Waals surface area contributed by atoms with Gasteiger partial charge in [-0.2, -0.15) is 0 Å². The van der Waals surface area contributed by atoms with E-state index >= 15 is 0 Å². The van der Waals surface area contributed by atoms with Gasteiger partial charge in [-0.1, -0.05) is 32.3 Å². The number of ether oxygens (including phenoxy) is 1. The van der Waals surface area contributed by atoms with E-state index in [9.17, 15) is 0 Å². The first-order valence-corrected chi connectivity index (χ1v) is 5.35. The minimum Gasteiger partial charge on any atom is -0.481 e. The van der Waals surface area contributed by atoms with Crippen molar-refractivity contribution in [2.45, 2.75) is 39.0 Å². The summed E-state index contributed by atoms with van der Waals surface area (Å²) in [5, 5.41) is 0. The van der Waals surface area contributed by atoms with Crippen molar-refractivity contribution in [3.8, 4) is 5.88 Å². The van der Waals surface area contributed by atoms with Gasteiger partial charge in [0.05, 0.1) is 7.11 Å². The molecule has 0 aliphatic heterocycles. The van der Waals surface area contributed by atoms with Crippen LogP contribution in [0.4, 0.5) is 0 Å². The average molecular weight is 193 g/mol. The molecule has 0 spiro atoms. The highest BCUT2D eigenvalue weighted by atomic mass is 16.5. The first-order chi connectivity index (χ1) is 6.86. The van der Waals surface area contributed by atoms with Gasteiger partial charge < -0.3 is 4.74 Å². The highest BCUT2D eigenvalue weighted by molar-refractivity contribution is 5.17. The van der Waals surface area contributed by atoms with Crippen LogP contribution in [0.1, 0.15) is 38.2 Å². The Morgan fingerprint density at radius 1 is 1.21 bits per heavy atom. The van der Waals surface area contributed by atoms with Crippen LogP contribution in [0.3, 0.4) is 0 Å². The molecule has 0 aliphatic carbocycles. The van der Waals surface area contributed by atoms with Gasteiger partial charge in [0, 0.05) is 12.3 Å². The molecular formula is C12H19NO. The monoisotopic (exact) mass is 193 g/mol. The minimum atomic E-state index is 0.697. The van der Waals surface area contributed by atoms with Crippen molar-refractivity contribution in [1.82, 2.24) is 4.98 Å². The molecule has 0 saturated carbocycles. The Balaban J connectivity index is 2.29. The standard InChI is InChI=1S/C12H19NO/c1-3-4-5-6-7-11-8-9-12(14-2)13-10-11/h8-10H,3-7H2,1-2H3. The van der Waals surface area contributed by atoms with Crippen LogP contribution in [-0.2, 0) is 6.42 Å². The highest BCUT2D eigenvalue weighted by Crippen LogP contribution is 2.10. The molecule has 0 bridgehead atoms. The summed E-state index contributed by atoms with van der Waals surface area (Å²) < 4.78 is 5.00. The van der Waals surface area contributed by atoms with Crippen molar-refractivity contribution in [2.75, 3.05) is 7.11 Å². The summed E-state index contributed by atoms with van der Waals surface area (Å²) in [6.07, 6.45) is 8.26. The van der Waals surface area contributed by atoms with E-state index in [-0.39, 0.29) is 0 Å². The molecule has 1 heterocycles. The molecule has 1 aromatic heterocycles. The normalized spacial score (nSPS) is 10.1. The first-order valence-electron chi connectivity index (χ1n) is 5.35. The predicted molar refractivity (Wildman–Crippen MR) is 58.6 cm³/mol. The van der Waals surface area contributed by atoms with E-state index in [1.807, 2.05) is 12.3 Å². The Kier molecular flexibility index (Phi) is 5.05. The average Bonchev–Trinajstić information content (AvgIpc) is 2.25. The van der Waals surface area contributed by atoms with Gasteiger partial charge in [-0.05, 0) is 18.4 Å². The summed E-state index contributed by atoms with van der Waals surface area (Å²) in [6.45, 7) is 2.23. The van der Waals surface area contributed by atoms with Crippen LogP contribution in [-0.4, -0.2) is 12.1 Å². The molecule has 0 aliphatic rings. The third-order valence-corrected chi connectivity index (χ3v) is 2.33. The highest BCUT2D eigenvalue weighted by Gasteiger charge is 1.95. The van der Waals surface area contributed by atoms with Gasteiger partial charge in [0.25, 0.3) is 0 Å². The van der Waals surface area contributed by atoms with Gasteiger partial charge in [0.2, 0.25) is 5.88 Å². The molecule has 78 valence electrons. The zero-order valence-corrected chi connectivity index (χ0v) is 9.12. The number of hydrogen-bond donors (Lipinski definition) is 0. The van der Waals surface area contributed by atoms with Crippen molar-refractivity contribution in [1.29, 1.82) is 0 Å². The second-order valence-corrected chi connectivity index (χ2v) is 3.52. The van der Waals surface area contributed by atoms with Crippen LogP contribution in [0.5, 0.6) is 5.88 Å². The van der Waals surface area contributed by atoms with Crippen molar-refractivity contribution >= 4 is 0 Å². The summed E-state index contributed by atoms with van der Waals surface area (Å²) in [5.74, 6) is 0.697. The van der Waals surface area contributed by atoms with Gasteiger partial charge in [0.15, 0.2) is 0 Å². The quantitative estimate of drug-likeness (QED) is 0.647. The molecule has 14 heavy (non-hydrogen) atoms. The van der Waals surface area contributed by atoms with Crippen LogP contribution in [0.25, 0.3) is 0 Å². The Labute approximate surface area is 86.3 Å². The Morgan fingerprint density at radius 3 is 2.64 bits per heavy atom. The lowest BCUT2D eigenvalue weighted by molar-refractivity contribution is 0.397. The molecule has 0 atom stereocenters. The number of hydrogen-bond acceptors (Lipinski definition) is 2. The van der Waals surface area contributed by atoms with Crippen LogP contribution >= 0.6 is 0 Å². The van der Waals surface area contributed by atoms with E-state index in [0.717, 1.165) is 6.42 Å². The summed E-state index contributed by atoms with van der Waals surface area (Å²) in [6, 6.07) is 4.02. The van der Waals surface area contributed by atoms with Crippen LogP contribution < -0.4 is 4.74 Å². The predicted octanol–water partition coefficient (Wildman–Crippen LogP) is 3.21. The molecule has 0 unspecified atom stereocenters. The summed E-state index contributed by atoms with van der Waals surface area (Å²) in [7, 11) is 1.64. The zero-order chi connectivity index (χ0) is 10.2. The van der Waals surface area contributed by atoms with Gasteiger partial charge in [-0.15, -0.1) is 0 Å². The van der Waals surface area contributed by atoms with Crippen molar-refractivity contribution in [3.63, 3.8) is 0 Å². The fourth-order valence-electron chi connectivity index (χ4n) is 1.44. The molecule has 2 nitrogen and oxygen atoms in total. The summed E-state index contributed by atoms with van der Waals surface area (Å²) >= 11 is 0. The smallest absolute Gasteiger partial charge is 0.212 e. The Morgan fingerprint density at radius 2 is 2.07 bits per heavy atom. The third-order valence-electron chi connectivity index (χ3n) is 2.33. The van der Waals surface area contributed by atoms with E-state index < -0.39 is 0 Å². The molecule has 0 saturated heterocycles. The largest absolute Gasteiger partial charge is 0.481 e. The van der Waals surface area contributed by atoms with Crippen molar-refractivity contribution < 1.29 is 4.74 Å². The molecule has 2 heteroatoms. The van der Waals surface area contributed by atoms with Gasteiger partial charge >= 0.3 is 0 Å². The zero-order valence-electron chi connectivity index (χ0n) is 9.12. The van der Waals surface area contributed by atoms with Gasteiger partial charge in [-0.25, -0.2) is 4.98 Å². The topological polar surface area (TPSA) is 22.1 Å². The number of rotatable bonds is 6. The Hall–Kier alpha value is -1.05. The van der Waals surface area contributed by atoms with E-state index in [2.05, 4.69) is 18.0 Å².